The minimum absolute atomic E-state index is 0.121. The minimum atomic E-state index is -3.35. The standard InChI is InChI=1S/C29H39F3O/c1-3-5-6-8-22-9-12-24(13-10-22)25-15-17-27(18-16-25)29(31,32)33-20-19-23-11-14-26(7-4-2)28(30)21-23/h11,14-18,21-22,24H,3-10,12-13,19-20H2,1-2H3/t22-,24-. The molecule has 0 atom stereocenters. The molecule has 0 amide bonds. The topological polar surface area (TPSA) is 9.23 Å². The molecule has 1 nitrogen and oxygen atoms in total. The first-order valence-electron chi connectivity index (χ1n) is 12.8. The summed E-state index contributed by atoms with van der Waals surface area (Å²) in [6, 6.07) is 11.7. The molecule has 0 radical (unpaired) electrons. The fraction of sp³-hybridized carbons (Fsp3) is 0.586. The fourth-order valence-corrected chi connectivity index (χ4v) is 5.02. The van der Waals surface area contributed by atoms with Crippen molar-refractivity contribution < 1.29 is 17.9 Å². The Morgan fingerprint density at radius 2 is 1.61 bits per heavy atom. The Kier molecular flexibility index (Phi) is 9.85. The van der Waals surface area contributed by atoms with Crippen LogP contribution in [0.1, 0.15) is 99.8 Å². The Bertz CT molecular complexity index is 838. The molecule has 1 aliphatic rings. The first-order chi connectivity index (χ1) is 15.9. The third kappa shape index (κ3) is 7.60. The number of alkyl halides is 2. The summed E-state index contributed by atoms with van der Waals surface area (Å²) in [6.07, 6.45) is 8.47. The van der Waals surface area contributed by atoms with E-state index in [0.717, 1.165) is 30.7 Å². The second-order valence-electron chi connectivity index (χ2n) is 9.63. The zero-order valence-electron chi connectivity index (χ0n) is 20.2. The minimum Gasteiger partial charge on any atom is -0.316 e. The summed E-state index contributed by atoms with van der Waals surface area (Å²) in [4.78, 5) is 0. The molecule has 0 N–H and O–H groups in total. The molecular weight excluding hydrogens is 421 g/mol. The van der Waals surface area contributed by atoms with Gasteiger partial charge in [0.1, 0.15) is 5.82 Å². The highest BCUT2D eigenvalue weighted by atomic mass is 19.3. The van der Waals surface area contributed by atoms with Crippen molar-refractivity contribution in [1.29, 1.82) is 0 Å². The molecule has 182 valence electrons. The van der Waals surface area contributed by atoms with E-state index in [1.54, 1.807) is 12.1 Å². The molecule has 3 rings (SSSR count). The van der Waals surface area contributed by atoms with Crippen molar-refractivity contribution in [1.82, 2.24) is 0 Å². The largest absolute Gasteiger partial charge is 0.383 e. The highest BCUT2D eigenvalue weighted by molar-refractivity contribution is 5.28. The van der Waals surface area contributed by atoms with Gasteiger partial charge in [0.25, 0.3) is 0 Å². The van der Waals surface area contributed by atoms with Crippen LogP contribution in [0.4, 0.5) is 13.2 Å². The van der Waals surface area contributed by atoms with Crippen molar-refractivity contribution in [2.75, 3.05) is 6.61 Å². The van der Waals surface area contributed by atoms with Crippen molar-refractivity contribution in [2.45, 2.75) is 96.5 Å². The Labute approximate surface area is 197 Å². The number of benzene rings is 2. The summed E-state index contributed by atoms with van der Waals surface area (Å²) in [5, 5.41) is 0. The number of aryl methyl sites for hydroxylation is 1. The smallest absolute Gasteiger partial charge is 0.316 e. The molecule has 2 aromatic carbocycles. The van der Waals surface area contributed by atoms with Crippen LogP contribution in [0, 0.1) is 11.7 Å². The zero-order chi connectivity index (χ0) is 23.7. The maximum atomic E-state index is 14.6. The lowest BCUT2D eigenvalue weighted by Crippen LogP contribution is -2.20. The van der Waals surface area contributed by atoms with Crippen LogP contribution in [0.5, 0.6) is 0 Å². The zero-order valence-corrected chi connectivity index (χ0v) is 20.2. The number of unbranched alkanes of at least 4 members (excludes halogenated alkanes) is 2. The highest BCUT2D eigenvalue weighted by Gasteiger charge is 2.33. The first kappa shape index (κ1) is 25.8. The van der Waals surface area contributed by atoms with Gasteiger partial charge >= 0.3 is 6.11 Å². The van der Waals surface area contributed by atoms with E-state index in [4.69, 9.17) is 4.74 Å². The van der Waals surface area contributed by atoms with E-state index in [0.29, 0.717) is 23.5 Å². The Morgan fingerprint density at radius 1 is 0.879 bits per heavy atom. The van der Waals surface area contributed by atoms with Gasteiger partial charge in [-0.1, -0.05) is 82.3 Å². The van der Waals surface area contributed by atoms with E-state index in [1.807, 2.05) is 19.1 Å². The first-order valence-corrected chi connectivity index (χ1v) is 12.8. The Hall–Kier alpha value is -1.81. The molecule has 0 saturated heterocycles. The van der Waals surface area contributed by atoms with Crippen LogP contribution >= 0.6 is 0 Å². The molecule has 0 aliphatic heterocycles. The van der Waals surface area contributed by atoms with Crippen LogP contribution in [0.2, 0.25) is 0 Å². The quantitative estimate of drug-likeness (QED) is 0.287. The molecule has 0 bridgehead atoms. The Balaban J connectivity index is 1.48. The lowest BCUT2D eigenvalue weighted by Gasteiger charge is -2.29. The predicted molar refractivity (Wildman–Crippen MR) is 129 cm³/mol. The molecule has 1 aliphatic carbocycles. The fourth-order valence-electron chi connectivity index (χ4n) is 5.02. The third-order valence-corrected chi connectivity index (χ3v) is 7.09. The number of ether oxygens (including phenoxy) is 1. The van der Waals surface area contributed by atoms with Crippen LogP contribution in [0.25, 0.3) is 0 Å². The average Bonchev–Trinajstić information content (AvgIpc) is 2.81. The second-order valence-corrected chi connectivity index (χ2v) is 9.63. The van der Waals surface area contributed by atoms with Gasteiger partial charge in [-0.2, -0.15) is 8.78 Å². The second kappa shape index (κ2) is 12.6. The van der Waals surface area contributed by atoms with Crippen molar-refractivity contribution in [2.24, 2.45) is 5.92 Å². The van der Waals surface area contributed by atoms with E-state index in [1.165, 1.54) is 56.7 Å². The molecule has 0 unspecified atom stereocenters. The normalized spacial score (nSPS) is 19.1. The van der Waals surface area contributed by atoms with Gasteiger partial charge in [-0.05, 0) is 73.1 Å². The van der Waals surface area contributed by atoms with Crippen LogP contribution in [0.3, 0.4) is 0 Å². The molecule has 0 heterocycles. The van der Waals surface area contributed by atoms with E-state index < -0.39 is 6.11 Å². The molecule has 4 heteroatoms. The van der Waals surface area contributed by atoms with E-state index in [9.17, 15) is 13.2 Å². The number of hydrogen-bond acceptors (Lipinski definition) is 1. The number of hydrogen-bond donors (Lipinski definition) is 0. The van der Waals surface area contributed by atoms with Crippen LogP contribution in [0.15, 0.2) is 42.5 Å². The summed E-state index contributed by atoms with van der Waals surface area (Å²) in [7, 11) is 0. The van der Waals surface area contributed by atoms with Gasteiger partial charge in [0, 0.05) is 0 Å². The predicted octanol–water partition coefficient (Wildman–Crippen LogP) is 8.94. The van der Waals surface area contributed by atoms with Gasteiger partial charge in [-0.15, -0.1) is 0 Å². The summed E-state index contributed by atoms with van der Waals surface area (Å²) in [5.74, 6) is 1.04. The molecule has 1 fully saturated rings. The monoisotopic (exact) mass is 460 g/mol. The van der Waals surface area contributed by atoms with Gasteiger partial charge in [0.05, 0.1) is 12.2 Å². The summed E-state index contributed by atoms with van der Waals surface area (Å²) in [5.41, 5.74) is 2.37. The van der Waals surface area contributed by atoms with E-state index >= 15 is 0 Å². The van der Waals surface area contributed by atoms with E-state index in [-0.39, 0.29) is 24.4 Å². The Morgan fingerprint density at radius 3 is 2.24 bits per heavy atom. The molecule has 1 saturated carbocycles. The van der Waals surface area contributed by atoms with Crippen molar-refractivity contribution in [3.63, 3.8) is 0 Å². The number of rotatable bonds is 12. The lowest BCUT2D eigenvalue weighted by molar-refractivity contribution is -0.248. The van der Waals surface area contributed by atoms with Gasteiger partial charge in [-0.3, -0.25) is 0 Å². The third-order valence-electron chi connectivity index (χ3n) is 7.09. The van der Waals surface area contributed by atoms with Crippen molar-refractivity contribution in [3.05, 3.63) is 70.5 Å². The van der Waals surface area contributed by atoms with Gasteiger partial charge < -0.3 is 4.74 Å². The maximum Gasteiger partial charge on any atom is 0.383 e. The van der Waals surface area contributed by atoms with Gasteiger partial charge in [0.15, 0.2) is 0 Å². The van der Waals surface area contributed by atoms with Crippen LogP contribution < -0.4 is 0 Å². The van der Waals surface area contributed by atoms with E-state index in [2.05, 4.69) is 6.92 Å². The molecule has 0 spiro atoms. The molecular formula is C29H39F3O. The SMILES string of the molecule is CCCCC[C@H]1CC[C@H](c2ccc(C(F)(F)OCCc3ccc(CCC)c(F)c3)cc2)CC1. The summed E-state index contributed by atoms with van der Waals surface area (Å²) in [6.45, 7) is 4.07. The summed E-state index contributed by atoms with van der Waals surface area (Å²) >= 11 is 0. The van der Waals surface area contributed by atoms with Crippen LogP contribution in [-0.4, -0.2) is 6.61 Å². The number of halogens is 3. The summed E-state index contributed by atoms with van der Waals surface area (Å²) < 4.78 is 48.1. The maximum absolute atomic E-state index is 14.6. The van der Waals surface area contributed by atoms with Crippen molar-refractivity contribution in [3.8, 4) is 0 Å². The van der Waals surface area contributed by atoms with Crippen LogP contribution in [-0.2, 0) is 23.7 Å². The van der Waals surface area contributed by atoms with Crippen molar-refractivity contribution >= 4 is 0 Å². The highest BCUT2D eigenvalue weighted by Crippen LogP contribution is 2.39. The van der Waals surface area contributed by atoms with Gasteiger partial charge in [0.2, 0.25) is 0 Å². The lowest BCUT2D eigenvalue weighted by atomic mass is 9.77. The molecule has 33 heavy (non-hydrogen) atoms. The molecule has 0 aromatic heterocycles. The van der Waals surface area contributed by atoms with Gasteiger partial charge in [-0.25, -0.2) is 4.39 Å². The average molecular weight is 461 g/mol. The molecule has 2 aromatic rings.